The van der Waals surface area contributed by atoms with Crippen molar-refractivity contribution in [3.63, 3.8) is 0 Å². The van der Waals surface area contributed by atoms with Gasteiger partial charge in [0, 0.05) is 19.7 Å². The highest BCUT2D eigenvalue weighted by Crippen LogP contribution is 2.24. The summed E-state index contributed by atoms with van der Waals surface area (Å²) in [5.41, 5.74) is 5.56. The van der Waals surface area contributed by atoms with Gasteiger partial charge in [0.15, 0.2) is 0 Å². The second kappa shape index (κ2) is 8.93. The molecular weight excluding hydrogens is 204 g/mol. The quantitative estimate of drug-likeness (QED) is 0.565. The SMILES string of the molecule is COCCOCCN(CCCN)C1CCC1. The van der Waals surface area contributed by atoms with Gasteiger partial charge in [0.1, 0.15) is 0 Å². The second-order valence-electron chi connectivity index (χ2n) is 4.37. The van der Waals surface area contributed by atoms with Gasteiger partial charge >= 0.3 is 0 Å². The molecule has 1 saturated carbocycles. The molecule has 0 heterocycles. The lowest BCUT2D eigenvalue weighted by Crippen LogP contribution is -2.43. The van der Waals surface area contributed by atoms with Crippen LogP contribution in [-0.2, 0) is 9.47 Å². The summed E-state index contributed by atoms with van der Waals surface area (Å²) in [5.74, 6) is 0. The van der Waals surface area contributed by atoms with Gasteiger partial charge in [-0.15, -0.1) is 0 Å². The number of hydrogen-bond acceptors (Lipinski definition) is 4. The van der Waals surface area contributed by atoms with Gasteiger partial charge in [0.25, 0.3) is 0 Å². The van der Waals surface area contributed by atoms with Crippen LogP contribution in [0.5, 0.6) is 0 Å². The van der Waals surface area contributed by atoms with Crippen molar-refractivity contribution in [2.24, 2.45) is 5.73 Å². The predicted molar refractivity (Wildman–Crippen MR) is 65.6 cm³/mol. The van der Waals surface area contributed by atoms with Crippen LogP contribution in [0.4, 0.5) is 0 Å². The monoisotopic (exact) mass is 230 g/mol. The Bertz CT molecular complexity index is 163. The van der Waals surface area contributed by atoms with Gasteiger partial charge in [-0.05, 0) is 32.4 Å². The van der Waals surface area contributed by atoms with E-state index in [1.807, 2.05) is 0 Å². The van der Waals surface area contributed by atoms with Gasteiger partial charge in [-0.1, -0.05) is 6.42 Å². The van der Waals surface area contributed by atoms with E-state index < -0.39 is 0 Å². The number of nitrogens with two attached hydrogens (primary N) is 1. The average Bonchev–Trinajstić information content (AvgIpc) is 2.22. The zero-order chi connectivity index (χ0) is 11.6. The predicted octanol–water partition coefficient (Wildman–Crippen LogP) is 0.853. The summed E-state index contributed by atoms with van der Waals surface area (Å²) in [5, 5.41) is 0. The van der Waals surface area contributed by atoms with Crippen molar-refractivity contribution in [1.82, 2.24) is 4.90 Å². The first-order chi connectivity index (χ1) is 7.88. The third-order valence-electron chi connectivity index (χ3n) is 3.20. The minimum Gasteiger partial charge on any atom is -0.382 e. The molecule has 4 nitrogen and oxygen atoms in total. The second-order valence-corrected chi connectivity index (χ2v) is 4.37. The van der Waals surface area contributed by atoms with E-state index in [9.17, 15) is 0 Å². The highest BCUT2D eigenvalue weighted by Gasteiger charge is 2.23. The third-order valence-corrected chi connectivity index (χ3v) is 3.20. The number of rotatable bonds is 10. The molecule has 2 N–H and O–H groups in total. The largest absolute Gasteiger partial charge is 0.382 e. The van der Waals surface area contributed by atoms with E-state index in [0.717, 1.165) is 38.7 Å². The first-order valence-corrected chi connectivity index (χ1v) is 6.39. The van der Waals surface area contributed by atoms with Crippen LogP contribution in [0.25, 0.3) is 0 Å². The van der Waals surface area contributed by atoms with Gasteiger partial charge in [-0.2, -0.15) is 0 Å². The normalized spacial score (nSPS) is 16.7. The number of ether oxygens (including phenoxy) is 2. The Balaban J connectivity index is 2.06. The molecule has 0 aliphatic heterocycles. The number of methoxy groups -OCH3 is 1. The van der Waals surface area contributed by atoms with Crippen molar-refractivity contribution in [3.8, 4) is 0 Å². The van der Waals surface area contributed by atoms with E-state index in [1.54, 1.807) is 7.11 Å². The molecule has 16 heavy (non-hydrogen) atoms. The molecule has 0 saturated heterocycles. The lowest BCUT2D eigenvalue weighted by Gasteiger charge is -2.37. The first-order valence-electron chi connectivity index (χ1n) is 6.39. The maximum atomic E-state index is 5.56. The Kier molecular flexibility index (Phi) is 7.76. The molecule has 0 unspecified atom stereocenters. The minimum absolute atomic E-state index is 0.687. The van der Waals surface area contributed by atoms with Crippen LogP contribution >= 0.6 is 0 Å². The van der Waals surface area contributed by atoms with Crippen molar-refractivity contribution < 1.29 is 9.47 Å². The molecule has 0 bridgehead atoms. The smallest absolute Gasteiger partial charge is 0.0700 e. The summed E-state index contributed by atoms with van der Waals surface area (Å²) >= 11 is 0. The number of hydrogen-bond donors (Lipinski definition) is 1. The van der Waals surface area contributed by atoms with Gasteiger partial charge in [-0.3, -0.25) is 4.90 Å². The molecule has 0 aromatic heterocycles. The van der Waals surface area contributed by atoms with Gasteiger partial charge in [0.2, 0.25) is 0 Å². The van der Waals surface area contributed by atoms with E-state index in [0.29, 0.717) is 13.2 Å². The fraction of sp³-hybridized carbons (Fsp3) is 1.00. The standard InChI is InChI=1S/C12H26N2O2/c1-15-10-11-16-9-8-14(7-3-6-13)12-4-2-5-12/h12H,2-11,13H2,1H3. The van der Waals surface area contributed by atoms with Crippen molar-refractivity contribution in [2.45, 2.75) is 31.7 Å². The highest BCUT2D eigenvalue weighted by molar-refractivity contribution is 4.79. The van der Waals surface area contributed by atoms with Crippen LogP contribution < -0.4 is 5.73 Å². The number of nitrogens with zero attached hydrogens (tertiary/aromatic N) is 1. The van der Waals surface area contributed by atoms with Crippen LogP contribution in [0.15, 0.2) is 0 Å². The molecule has 0 radical (unpaired) electrons. The van der Waals surface area contributed by atoms with Gasteiger partial charge < -0.3 is 15.2 Å². The molecule has 1 aliphatic rings. The summed E-state index contributed by atoms with van der Waals surface area (Å²) in [6, 6.07) is 0.789. The van der Waals surface area contributed by atoms with E-state index in [-0.39, 0.29) is 0 Å². The Morgan fingerprint density at radius 1 is 1.19 bits per heavy atom. The third kappa shape index (κ3) is 5.25. The molecule has 0 aromatic carbocycles. The molecule has 0 aromatic rings. The van der Waals surface area contributed by atoms with Crippen molar-refractivity contribution in [1.29, 1.82) is 0 Å². The highest BCUT2D eigenvalue weighted by atomic mass is 16.5. The zero-order valence-corrected chi connectivity index (χ0v) is 10.5. The summed E-state index contributed by atoms with van der Waals surface area (Å²) < 4.78 is 10.4. The molecule has 0 amide bonds. The molecule has 1 rings (SSSR count). The van der Waals surface area contributed by atoms with E-state index >= 15 is 0 Å². The summed E-state index contributed by atoms with van der Waals surface area (Å²) in [7, 11) is 1.70. The van der Waals surface area contributed by atoms with Crippen LogP contribution in [0.1, 0.15) is 25.7 Å². The summed E-state index contributed by atoms with van der Waals surface area (Å²) in [6.45, 7) is 5.14. The molecule has 0 spiro atoms. The zero-order valence-electron chi connectivity index (χ0n) is 10.5. The van der Waals surface area contributed by atoms with Gasteiger partial charge in [-0.25, -0.2) is 0 Å². The van der Waals surface area contributed by atoms with Gasteiger partial charge in [0.05, 0.1) is 19.8 Å². The summed E-state index contributed by atoms with van der Waals surface area (Å²) in [6.07, 6.45) is 5.17. The minimum atomic E-state index is 0.687. The van der Waals surface area contributed by atoms with Crippen molar-refractivity contribution >= 4 is 0 Å². The fourth-order valence-corrected chi connectivity index (χ4v) is 1.95. The van der Waals surface area contributed by atoms with Crippen molar-refractivity contribution in [2.75, 3.05) is 46.6 Å². The lowest BCUT2D eigenvalue weighted by molar-refractivity contribution is 0.0385. The average molecular weight is 230 g/mol. The fourth-order valence-electron chi connectivity index (χ4n) is 1.95. The Morgan fingerprint density at radius 2 is 2.00 bits per heavy atom. The Labute approximate surface area is 99.1 Å². The van der Waals surface area contributed by atoms with Crippen molar-refractivity contribution in [3.05, 3.63) is 0 Å². The maximum Gasteiger partial charge on any atom is 0.0700 e. The van der Waals surface area contributed by atoms with Crippen LogP contribution in [0.3, 0.4) is 0 Å². The van der Waals surface area contributed by atoms with E-state index in [2.05, 4.69) is 4.90 Å². The molecule has 1 fully saturated rings. The van der Waals surface area contributed by atoms with Crippen LogP contribution in [-0.4, -0.2) is 57.5 Å². The summed E-state index contributed by atoms with van der Waals surface area (Å²) in [4.78, 5) is 2.53. The van der Waals surface area contributed by atoms with Crippen LogP contribution in [0.2, 0.25) is 0 Å². The molecule has 0 atom stereocenters. The molecule has 4 heteroatoms. The molecule has 1 aliphatic carbocycles. The van der Waals surface area contributed by atoms with E-state index in [1.165, 1.54) is 19.3 Å². The topological polar surface area (TPSA) is 47.7 Å². The Morgan fingerprint density at radius 3 is 2.56 bits per heavy atom. The van der Waals surface area contributed by atoms with E-state index in [4.69, 9.17) is 15.2 Å². The Hall–Kier alpha value is -0.160. The molecular formula is C12H26N2O2. The molecule has 96 valence electrons. The maximum absolute atomic E-state index is 5.56. The lowest BCUT2D eigenvalue weighted by atomic mass is 9.91. The first kappa shape index (κ1) is 13.9. The van der Waals surface area contributed by atoms with Crippen LogP contribution in [0, 0.1) is 0 Å².